The van der Waals surface area contributed by atoms with Crippen LogP contribution in [0.2, 0.25) is 0 Å². The van der Waals surface area contributed by atoms with Crippen molar-refractivity contribution in [1.82, 2.24) is 15.1 Å². The van der Waals surface area contributed by atoms with Gasteiger partial charge in [-0.25, -0.2) is 0 Å². The van der Waals surface area contributed by atoms with Gasteiger partial charge in [-0.1, -0.05) is 20.8 Å². The van der Waals surface area contributed by atoms with E-state index in [9.17, 15) is 0 Å². The molecule has 0 fully saturated rings. The Morgan fingerprint density at radius 3 is 2.71 bits per heavy atom. The second-order valence-corrected chi connectivity index (χ2v) is 3.96. The molecule has 0 saturated heterocycles. The maximum Gasteiger partial charge on any atom is 0.0624 e. The third-order valence-electron chi connectivity index (χ3n) is 2.32. The van der Waals surface area contributed by atoms with Crippen LogP contribution in [0.1, 0.15) is 32.2 Å². The second kappa shape index (κ2) is 5.15. The van der Waals surface area contributed by atoms with Crippen molar-refractivity contribution in [3.8, 4) is 0 Å². The zero-order chi connectivity index (χ0) is 10.6. The first-order chi connectivity index (χ1) is 6.63. The Balaban J connectivity index is 2.45. The van der Waals surface area contributed by atoms with Crippen molar-refractivity contribution in [3.05, 3.63) is 17.5 Å². The van der Waals surface area contributed by atoms with Gasteiger partial charge in [-0.15, -0.1) is 0 Å². The average molecular weight is 195 g/mol. The van der Waals surface area contributed by atoms with E-state index in [4.69, 9.17) is 0 Å². The minimum atomic E-state index is 0.564. The first-order valence-corrected chi connectivity index (χ1v) is 5.38. The number of nitrogens with one attached hydrogen (secondary N) is 1. The molecule has 3 heteroatoms. The Morgan fingerprint density at radius 2 is 2.21 bits per heavy atom. The van der Waals surface area contributed by atoms with Crippen LogP contribution in [0.25, 0.3) is 0 Å². The van der Waals surface area contributed by atoms with E-state index in [1.807, 2.05) is 11.7 Å². The maximum absolute atomic E-state index is 4.42. The number of aryl methyl sites for hydroxylation is 2. The highest BCUT2D eigenvalue weighted by molar-refractivity contribution is 5.10. The number of aromatic nitrogens is 2. The molecule has 80 valence electrons. The van der Waals surface area contributed by atoms with Crippen molar-refractivity contribution in [1.29, 1.82) is 0 Å². The third kappa shape index (κ3) is 3.14. The van der Waals surface area contributed by atoms with Gasteiger partial charge >= 0.3 is 0 Å². The molecule has 0 radical (unpaired) electrons. The van der Waals surface area contributed by atoms with Crippen molar-refractivity contribution in [3.63, 3.8) is 0 Å². The molecular formula is C11H21N3. The topological polar surface area (TPSA) is 29.9 Å². The molecule has 1 aromatic heterocycles. The van der Waals surface area contributed by atoms with Crippen LogP contribution in [-0.4, -0.2) is 22.4 Å². The van der Waals surface area contributed by atoms with Gasteiger partial charge in [0.15, 0.2) is 0 Å². The molecule has 0 aliphatic carbocycles. The van der Waals surface area contributed by atoms with Gasteiger partial charge in [-0.3, -0.25) is 4.68 Å². The SMILES string of the molecule is CCc1cc(CCNC(C)C)n(C)n1. The first kappa shape index (κ1) is 11.2. The normalized spacial score (nSPS) is 11.2. The van der Waals surface area contributed by atoms with E-state index in [-0.39, 0.29) is 0 Å². The highest BCUT2D eigenvalue weighted by Crippen LogP contribution is 2.04. The number of hydrogen-bond acceptors (Lipinski definition) is 2. The Bertz CT molecular complexity index is 276. The Hall–Kier alpha value is -0.830. The lowest BCUT2D eigenvalue weighted by atomic mass is 10.2. The minimum absolute atomic E-state index is 0.564. The molecule has 1 rings (SSSR count). The fourth-order valence-corrected chi connectivity index (χ4v) is 1.47. The molecule has 0 aliphatic heterocycles. The lowest BCUT2D eigenvalue weighted by Gasteiger charge is -2.07. The second-order valence-electron chi connectivity index (χ2n) is 3.96. The van der Waals surface area contributed by atoms with Gasteiger partial charge in [-0.2, -0.15) is 5.10 Å². The molecule has 3 nitrogen and oxygen atoms in total. The summed E-state index contributed by atoms with van der Waals surface area (Å²) in [6, 6.07) is 2.76. The summed E-state index contributed by atoms with van der Waals surface area (Å²) < 4.78 is 1.99. The molecular weight excluding hydrogens is 174 g/mol. The zero-order valence-electron chi connectivity index (χ0n) is 9.67. The van der Waals surface area contributed by atoms with Crippen molar-refractivity contribution in [2.24, 2.45) is 7.05 Å². The van der Waals surface area contributed by atoms with Gasteiger partial charge in [0.05, 0.1) is 5.69 Å². The summed E-state index contributed by atoms with van der Waals surface area (Å²) in [5.74, 6) is 0. The van der Waals surface area contributed by atoms with Crippen LogP contribution >= 0.6 is 0 Å². The van der Waals surface area contributed by atoms with Crippen LogP contribution in [0.3, 0.4) is 0 Å². The maximum atomic E-state index is 4.42. The van der Waals surface area contributed by atoms with Crippen molar-refractivity contribution in [2.75, 3.05) is 6.54 Å². The van der Waals surface area contributed by atoms with E-state index < -0.39 is 0 Å². The molecule has 0 spiro atoms. The smallest absolute Gasteiger partial charge is 0.0624 e. The fraction of sp³-hybridized carbons (Fsp3) is 0.727. The van der Waals surface area contributed by atoms with Crippen molar-refractivity contribution < 1.29 is 0 Å². The van der Waals surface area contributed by atoms with E-state index in [0.717, 1.165) is 19.4 Å². The van der Waals surface area contributed by atoms with Crippen LogP contribution in [0, 0.1) is 0 Å². The summed E-state index contributed by atoms with van der Waals surface area (Å²) in [6.07, 6.45) is 2.08. The highest BCUT2D eigenvalue weighted by Gasteiger charge is 2.03. The van der Waals surface area contributed by atoms with Gasteiger partial charge in [0, 0.05) is 31.7 Å². The predicted octanol–water partition coefficient (Wildman–Crippen LogP) is 1.52. The van der Waals surface area contributed by atoms with Gasteiger partial charge in [0.1, 0.15) is 0 Å². The molecule has 1 aromatic rings. The van der Waals surface area contributed by atoms with E-state index >= 15 is 0 Å². The first-order valence-electron chi connectivity index (χ1n) is 5.38. The monoisotopic (exact) mass is 195 g/mol. The van der Waals surface area contributed by atoms with Crippen molar-refractivity contribution >= 4 is 0 Å². The fourth-order valence-electron chi connectivity index (χ4n) is 1.47. The van der Waals surface area contributed by atoms with E-state index in [0.29, 0.717) is 6.04 Å². The molecule has 0 atom stereocenters. The average Bonchev–Trinajstić information content (AvgIpc) is 2.47. The molecule has 14 heavy (non-hydrogen) atoms. The van der Waals surface area contributed by atoms with E-state index in [1.165, 1.54) is 11.4 Å². The summed E-state index contributed by atoms with van der Waals surface area (Å²) >= 11 is 0. The molecule has 0 saturated carbocycles. The molecule has 0 amide bonds. The third-order valence-corrected chi connectivity index (χ3v) is 2.32. The Morgan fingerprint density at radius 1 is 1.50 bits per heavy atom. The predicted molar refractivity (Wildman–Crippen MR) is 59.4 cm³/mol. The molecule has 1 heterocycles. The van der Waals surface area contributed by atoms with Crippen LogP contribution in [0.5, 0.6) is 0 Å². The standard InChI is InChI=1S/C11H21N3/c1-5-10-8-11(14(4)13-10)6-7-12-9(2)3/h8-9,12H,5-7H2,1-4H3. The molecule has 0 aliphatic rings. The molecule has 0 aromatic carbocycles. The molecule has 0 unspecified atom stereocenters. The van der Waals surface area contributed by atoms with E-state index in [2.05, 4.69) is 37.3 Å². The lowest BCUT2D eigenvalue weighted by molar-refractivity contribution is 0.575. The Labute approximate surface area is 86.5 Å². The number of rotatable bonds is 5. The quantitative estimate of drug-likeness (QED) is 0.772. The largest absolute Gasteiger partial charge is 0.314 e. The minimum Gasteiger partial charge on any atom is -0.314 e. The lowest BCUT2D eigenvalue weighted by Crippen LogP contribution is -2.25. The highest BCUT2D eigenvalue weighted by atomic mass is 15.3. The summed E-state index contributed by atoms with van der Waals surface area (Å²) in [4.78, 5) is 0. The summed E-state index contributed by atoms with van der Waals surface area (Å²) in [5.41, 5.74) is 2.50. The molecule has 1 N–H and O–H groups in total. The Kier molecular flexibility index (Phi) is 4.14. The van der Waals surface area contributed by atoms with Crippen LogP contribution < -0.4 is 5.32 Å². The van der Waals surface area contributed by atoms with Crippen LogP contribution in [0.15, 0.2) is 6.07 Å². The van der Waals surface area contributed by atoms with Crippen LogP contribution in [0.4, 0.5) is 0 Å². The van der Waals surface area contributed by atoms with E-state index in [1.54, 1.807) is 0 Å². The van der Waals surface area contributed by atoms with Gasteiger partial charge < -0.3 is 5.32 Å². The van der Waals surface area contributed by atoms with Gasteiger partial charge in [0.2, 0.25) is 0 Å². The summed E-state index contributed by atoms with van der Waals surface area (Å²) in [6.45, 7) is 7.50. The summed E-state index contributed by atoms with van der Waals surface area (Å²) in [7, 11) is 2.02. The zero-order valence-corrected chi connectivity index (χ0v) is 9.67. The number of hydrogen-bond donors (Lipinski definition) is 1. The molecule has 0 bridgehead atoms. The van der Waals surface area contributed by atoms with Gasteiger partial charge in [-0.05, 0) is 12.5 Å². The van der Waals surface area contributed by atoms with Crippen LogP contribution in [-0.2, 0) is 19.9 Å². The number of nitrogens with zero attached hydrogens (tertiary/aromatic N) is 2. The van der Waals surface area contributed by atoms with Crippen molar-refractivity contribution in [2.45, 2.75) is 39.7 Å². The summed E-state index contributed by atoms with van der Waals surface area (Å²) in [5, 5.41) is 7.82. The van der Waals surface area contributed by atoms with Gasteiger partial charge in [0.25, 0.3) is 0 Å².